The van der Waals surface area contributed by atoms with Crippen LogP contribution in [-0.4, -0.2) is 27.5 Å². The average molecular weight is 493 g/mol. The van der Waals surface area contributed by atoms with Crippen LogP contribution in [0.4, 0.5) is 18.9 Å². The molecule has 0 heterocycles. The minimum Gasteiger partial charge on any atom is -0.495 e. The summed E-state index contributed by atoms with van der Waals surface area (Å²) in [7, 11) is -2.90. The number of aryl methyl sites for hydroxylation is 1. The normalized spacial score (nSPS) is 12.7. The first kappa shape index (κ1) is 25.3. The number of sulfonamides is 1. The van der Waals surface area contributed by atoms with Crippen LogP contribution in [0, 0.1) is 6.92 Å². The molecule has 3 rings (SSSR count). The number of hydrogen-bond acceptors (Lipinski definition) is 4. The second kappa shape index (κ2) is 10.3. The Hall–Kier alpha value is -3.37. The van der Waals surface area contributed by atoms with Crippen LogP contribution in [-0.2, 0) is 27.4 Å². The number of amides is 1. The first-order valence-corrected chi connectivity index (χ1v) is 11.7. The van der Waals surface area contributed by atoms with E-state index < -0.39 is 33.7 Å². The minimum atomic E-state index is -4.59. The van der Waals surface area contributed by atoms with Gasteiger partial charge in [0.25, 0.3) is 0 Å². The topological polar surface area (TPSA) is 84.5 Å². The molecule has 6 nitrogen and oxygen atoms in total. The molecule has 0 bridgehead atoms. The highest BCUT2D eigenvalue weighted by Gasteiger charge is 2.32. The molecule has 0 spiro atoms. The Morgan fingerprint density at radius 3 is 2.35 bits per heavy atom. The summed E-state index contributed by atoms with van der Waals surface area (Å²) in [5.74, 6) is -0.715. The number of carbonyl (C=O) groups is 1. The van der Waals surface area contributed by atoms with Crippen LogP contribution in [0.1, 0.15) is 16.7 Å². The second-order valence-corrected chi connectivity index (χ2v) is 9.27. The summed E-state index contributed by atoms with van der Waals surface area (Å²) in [6.07, 6.45) is -4.62. The minimum absolute atomic E-state index is 0.0288. The predicted molar refractivity (Wildman–Crippen MR) is 122 cm³/mol. The fourth-order valence-electron chi connectivity index (χ4n) is 3.29. The molecule has 180 valence electrons. The van der Waals surface area contributed by atoms with Crippen molar-refractivity contribution in [3.8, 4) is 5.75 Å². The van der Waals surface area contributed by atoms with Gasteiger partial charge in [-0.15, -0.1) is 0 Å². The Morgan fingerprint density at radius 1 is 1.00 bits per heavy atom. The maximum absolute atomic E-state index is 13.2. The largest absolute Gasteiger partial charge is 0.495 e. The number of methoxy groups -OCH3 is 1. The molecule has 0 aliphatic heterocycles. The Kier molecular flexibility index (Phi) is 7.63. The van der Waals surface area contributed by atoms with Crippen LogP contribution in [0.3, 0.4) is 0 Å². The number of benzene rings is 3. The number of hydrogen-bond donors (Lipinski definition) is 2. The molecule has 0 aliphatic rings. The summed E-state index contributed by atoms with van der Waals surface area (Å²) in [4.78, 5) is 12.9. The van der Waals surface area contributed by atoms with Crippen molar-refractivity contribution < 1.29 is 31.1 Å². The molecule has 0 unspecified atom stereocenters. The van der Waals surface area contributed by atoms with Gasteiger partial charge in [0, 0.05) is 5.69 Å². The van der Waals surface area contributed by atoms with E-state index in [1.807, 2.05) is 0 Å². The Morgan fingerprint density at radius 2 is 1.71 bits per heavy atom. The number of nitrogens with one attached hydrogen (secondary N) is 2. The lowest BCUT2D eigenvalue weighted by Gasteiger charge is -2.20. The molecule has 1 amide bonds. The molecule has 3 aromatic rings. The van der Waals surface area contributed by atoms with Crippen molar-refractivity contribution in [3.05, 3.63) is 89.5 Å². The van der Waals surface area contributed by atoms with E-state index in [2.05, 4.69) is 10.0 Å². The molecule has 0 fully saturated rings. The lowest BCUT2D eigenvalue weighted by molar-refractivity contribution is -0.137. The average Bonchev–Trinajstić information content (AvgIpc) is 2.79. The monoisotopic (exact) mass is 492 g/mol. The zero-order valence-corrected chi connectivity index (χ0v) is 19.2. The van der Waals surface area contributed by atoms with E-state index in [1.54, 1.807) is 43.3 Å². The molecule has 0 aromatic heterocycles. The molecule has 10 heteroatoms. The van der Waals surface area contributed by atoms with Gasteiger partial charge in [-0.25, -0.2) is 8.42 Å². The Bertz CT molecular complexity index is 1260. The summed E-state index contributed by atoms with van der Waals surface area (Å²) >= 11 is 0. The van der Waals surface area contributed by atoms with Crippen molar-refractivity contribution in [2.45, 2.75) is 30.5 Å². The summed E-state index contributed by atoms with van der Waals surface area (Å²) < 4.78 is 73.1. The Balaban J connectivity index is 1.93. The van der Waals surface area contributed by atoms with E-state index >= 15 is 0 Å². The van der Waals surface area contributed by atoms with E-state index in [-0.39, 0.29) is 22.8 Å². The van der Waals surface area contributed by atoms with E-state index in [9.17, 15) is 26.4 Å². The molecular weight excluding hydrogens is 469 g/mol. The highest BCUT2D eigenvalue weighted by Crippen LogP contribution is 2.31. The van der Waals surface area contributed by atoms with Gasteiger partial charge < -0.3 is 10.1 Å². The fraction of sp³-hybridized carbons (Fsp3) is 0.208. The van der Waals surface area contributed by atoms with Crippen molar-refractivity contribution >= 4 is 21.6 Å². The molecule has 0 saturated heterocycles. The van der Waals surface area contributed by atoms with Crippen LogP contribution in [0.15, 0.2) is 77.7 Å². The zero-order chi connectivity index (χ0) is 24.9. The van der Waals surface area contributed by atoms with Gasteiger partial charge in [0.1, 0.15) is 16.7 Å². The first-order chi connectivity index (χ1) is 16.0. The van der Waals surface area contributed by atoms with Crippen molar-refractivity contribution in [3.63, 3.8) is 0 Å². The van der Waals surface area contributed by atoms with E-state index in [0.29, 0.717) is 11.1 Å². The van der Waals surface area contributed by atoms with Gasteiger partial charge >= 0.3 is 6.18 Å². The predicted octanol–water partition coefficient (Wildman–Crippen LogP) is 4.55. The molecule has 1 atom stereocenters. The zero-order valence-electron chi connectivity index (χ0n) is 18.4. The van der Waals surface area contributed by atoms with E-state index in [1.165, 1.54) is 25.3 Å². The molecule has 0 saturated carbocycles. The fourth-order valence-corrected chi connectivity index (χ4v) is 4.73. The highest BCUT2D eigenvalue weighted by molar-refractivity contribution is 7.89. The summed E-state index contributed by atoms with van der Waals surface area (Å²) in [5.41, 5.74) is 0.278. The van der Waals surface area contributed by atoms with Gasteiger partial charge in [0.2, 0.25) is 15.9 Å². The highest BCUT2D eigenvalue weighted by atomic mass is 32.2. The number of halogens is 3. The molecule has 34 heavy (non-hydrogen) atoms. The maximum atomic E-state index is 13.2. The standard InChI is InChI=1S/C24H23F3N2O4S/c1-16-11-12-21(33-2)22(13-16)34(31,32)29-20(14-17-7-4-3-5-8-17)23(30)28-19-10-6-9-18(15-19)24(25,26)27/h3-13,15,20,29H,14H2,1-2H3,(H,28,30)/t20-/m0/s1. The third kappa shape index (κ3) is 6.36. The number of anilines is 1. The number of carbonyl (C=O) groups excluding carboxylic acids is 1. The molecule has 0 aliphatic carbocycles. The van der Waals surface area contributed by atoms with Gasteiger partial charge in [-0.3, -0.25) is 4.79 Å². The summed E-state index contributed by atoms with van der Waals surface area (Å²) in [6.45, 7) is 1.71. The van der Waals surface area contributed by atoms with Crippen molar-refractivity contribution in [1.29, 1.82) is 0 Å². The van der Waals surface area contributed by atoms with Crippen molar-refractivity contribution in [2.24, 2.45) is 0 Å². The summed E-state index contributed by atoms with van der Waals surface area (Å²) in [6, 6.07) is 16.1. The third-order valence-corrected chi connectivity index (χ3v) is 6.46. The Labute approximate surface area is 195 Å². The number of rotatable bonds is 8. The van der Waals surface area contributed by atoms with Gasteiger partial charge in [-0.2, -0.15) is 17.9 Å². The molecule has 3 aromatic carbocycles. The second-order valence-electron chi connectivity index (χ2n) is 7.59. The molecule has 0 radical (unpaired) electrons. The van der Waals surface area contributed by atoms with Gasteiger partial charge in [-0.05, 0) is 54.8 Å². The van der Waals surface area contributed by atoms with Crippen LogP contribution in [0.5, 0.6) is 5.75 Å². The smallest absolute Gasteiger partial charge is 0.416 e. The van der Waals surface area contributed by atoms with Crippen LogP contribution in [0.2, 0.25) is 0 Å². The van der Waals surface area contributed by atoms with Crippen molar-refractivity contribution in [2.75, 3.05) is 12.4 Å². The number of alkyl halides is 3. The van der Waals surface area contributed by atoms with E-state index in [4.69, 9.17) is 4.74 Å². The van der Waals surface area contributed by atoms with Gasteiger partial charge in [0.05, 0.1) is 12.7 Å². The van der Waals surface area contributed by atoms with E-state index in [0.717, 1.165) is 18.2 Å². The van der Waals surface area contributed by atoms with Crippen LogP contribution < -0.4 is 14.8 Å². The third-order valence-electron chi connectivity index (χ3n) is 4.96. The first-order valence-electron chi connectivity index (χ1n) is 10.2. The maximum Gasteiger partial charge on any atom is 0.416 e. The quantitative estimate of drug-likeness (QED) is 0.483. The van der Waals surface area contributed by atoms with Crippen molar-refractivity contribution in [1.82, 2.24) is 4.72 Å². The molecule has 2 N–H and O–H groups in total. The lowest BCUT2D eigenvalue weighted by Crippen LogP contribution is -2.45. The van der Waals surface area contributed by atoms with Crippen LogP contribution >= 0.6 is 0 Å². The van der Waals surface area contributed by atoms with Gasteiger partial charge in [0.15, 0.2) is 0 Å². The number of ether oxygens (including phenoxy) is 1. The SMILES string of the molecule is COc1ccc(C)cc1S(=O)(=O)N[C@@H](Cc1ccccc1)C(=O)Nc1cccc(C(F)(F)F)c1. The lowest BCUT2D eigenvalue weighted by atomic mass is 10.1. The molecular formula is C24H23F3N2O4S. The van der Waals surface area contributed by atoms with Gasteiger partial charge in [-0.1, -0.05) is 42.5 Å². The van der Waals surface area contributed by atoms with Crippen LogP contribution in [0.25, 0.3) is 0 Å². The summed E-state index contributed by atoms with van der Waals surface area (Å²) in [5, 5.41) is 2.39.